The summed E-state index contributed by atoms with van der Waals surface area (Å²) in [4.78, 5) is 14.6. The number of carbonyl (C=O) groups excluding carboxylic acids is 1. The van der Waals surface area contributed by atoms with E-state index in [9.17, 15) is 13.2 Å². The summed E-state index contributed by atoms with van der Waals surface area (Å²) in [6, 6.07) is 14.6. The van der Waals surface area contributed by atoms with Crippen LogP contribution < -0.4 is 5.32 Å². The van der Waals surface area contributed by atoms with Crippen molar-refractivity contribution in [3.05, 3.63) is 58.6 Å². The van der Waals surface area contributed by atoms with Gasteiger partial charge in [0, 0.05) is 30.7 Å². The van der Waals surface area contributed by atoms with E-state index in [2.05, 4.69) is 42.0 Å². The third-order valence-electron chi connectivity index (χ3n) is 5.20. The van der Waals surface area contributed by atoms with Crippen molar-refractivity contribution in [3.63, 3.8) is 0 Å². The van der Waals surface area contributed by atoms with Gasteiger partial charge in [0.15, 0.2) is 0 Å². The Morgan fingerprint density at radius 2 is 1.60 bits per heavy atom. The number of benzene rings is 2. The smallest absolute Gasteiger partial charge is 0.243 e. The molecule has 1 saturated heterocycles. The lowest BCUT2D eigenvalue weighted by Gasteiger charge is -2.33. The van der Waals surface area contributed by atoms with Crippen LogP contribution in [0.5, 0.6) is 0 Å². The quantitative estimate of drug-likeness (QED) is 0.689. The number of anilines is 1. The molecule has 0 atom stereocenters. The average Bonchev–Trinajstić information content (AvgIpc) is 2.69. The molecule has 8 heteroatoms. The van der Waals surface area contributed by atoms with Gasteiger partial charge in [0.05, 0.1) is 17.1 Å². The van der Waals surface area contributed by atoms with Crippen LogP contribution in [-0.4, -0.2) is 56.3 Å². The third-order valence-corrected chi connectivity index (χ3v) is 7.81. The maximum absolute atomic E-state index is 13.0. The highest BCUT2D eigenvalue weighted by molar-refractivity contribution is 9.10. The van der Waals surface area contributed by atoms with E-state index < -0.39 is 10.0 Å². The topological polar surface area (TPSA) is 69.7 Å². The average molecular weight is 494 g/mol. The SMILES string of the molecule is CC(C)(C)c1ccc(S(=O)(=O)N2CCN(CC(=O)Nc3ccccc3Br)CC2)cc1. The molecule has 0 aromatic heterocycles. The van der Waals surface area contributed by atoms with Gasteiger partial charge in [-0.1, -0.05) is 45.0 Å². The van der Waals surface area contributed by atoms with Crippen LogP contribution in [0.1, 0.15) is 26.3 Å². The Hall–Kier alpha value is -1.74. The van der Waals surface area contributed by atoms with Crippen LogP contribution in [0.25, 0.3) is 0 Å². The zero-order chi connectivity index (χ0) is 21.9. The first-order valence-electron chi connectivity index (χ1n) is 9.95. The number of nitrogens with one attached hydrogen (secondary N) is 1. The van der Waals surface area contributed by atoms with E-state index in [1.165, 1.54) is 4.31 Å². The first kappa shape index (κ1) is 22.9. The predicted molar refractivity (Wildman–Crippen MR) is 123 cm³/mol. The molecular weight excluding hydrogens is 466 g/mol. The molecule has 162 valence electrons. The molecule has 2 aromatic rings. The number of hydrogen-bond acceptors (Lipinski definition) is 4. The van der Waals surface area contributed by atoms with Gasteiger partial charge >= 0.3 is 0 Å². The maximum atomic E-state index is 13.0. The summed E-state index contributed by atoms with van der Waals surface area (Å²) in [5.41, 5.74) is 1.80. The molecule has 30 heavy (non-hydrogen) atoms. The standard InChI is InChI=1S/C22H28BrN3O3S/c1-22(2,3)17-8-10-18(11-9-17)30(28,29)26-14-12-25(13-15-26)16-21(27)24-20-7-5-4-6-19(20)23/h4-11H,12-16H2,1-3H3,(H,24,27). The summed E-state index contributed by atoms with van der Waals surface area (Å²) in [5.74, 6) is -0.115. The second-order valence-electron chi connectivity index (χ2n) is 8.48. The van der Waals surface area contributed by atoms with E-state index in [0.717, 1.165) is 15.7 Å². The zero-order valence-electron chi connectivity index (χ0n) is 17.6. The molecule has 1 amide bonds. The Kier molecular flexibility index (Phi) is 7.02. The van der Waals surface area contributed by atoms with Gasteiger partial charge in [0.1, 0.15) is 0 Å². The molecule has 3 rings (SSSR count). The minimum absolute atomic E-state index is 0.0240. The molecule has 1 fully saturated rings. The van der Waals surface area contributed by atoms with Crippen molar-refractivity contribution in [1.82, 2.24) is 9.21 Å². The molecule has 1 aliphatic rings. The Bertz CT molecular complexity index is 993. The van der Waals surface area contributed by atoms with Crippen molar-refractivity contribution in [1.29, 1.82) is 0 Å². The largest absolute Gasteiger partial charge is 0.324 e. The van der Waals surface area contributed by atoms with Gasteiger partial charge in [-0.3, -0.25) is 9.69 Å². The number of hydrogen-bond donors (Lipinski definition) is 1. The Morgan fingerprint density at radius 3 is 2.17 bits per heavy atom. The first-order valence-corrected chi connectivity index (χ1v) is 12.2. The molecule has 1 N–H and O–H groups in total. The van der Waals surface area contributed by atoms with Gasteiger partial charge in [0.2, 0.25) is 15.9 Å². The first-order chi connectivity index (χ1) is 14.1. The fraction of sp³-hybridized carbons (Fsp3) is 0.409. The molecule has 0 unspecified atom stereocenters. The van der Waals surface area contributed by atoms with Crippen LogP contribution in [0.2, 0.25) is 0 Å². The summed E-state index contributed by atoms with van der Waals surface area (Å²) in [6.07, 6.45) is 0. The second kappa shape index (κ2) is 9.18. The molecule has 0 radical (unpaired) electrons. The lowest BCUT2D eigenvalue weighted by molar-refractivity contribution is -0.117. The molecule has 0 aliphatic carbocycles. The minimum atomic E-state index is -3.53. The van der Waals surface area contributed by atoms with E-state index >= 15 is 0 Å². The Balaban J connectivity index is 1.56. The van der Waals surface area contributed by atoms with E-state index in [0.29, 0.717) is 31.1 Å². The van der Waals surface area contributed by atoms with Crippen molar-refractivity contribution in [2.75, 3.05) is 38.0 Å². The van der Waals surface area contributed by atoms with Gasteiger partial charge in [-0.25, -0.2) is 8.42 Å². The highest BCUT2D eigenvalue weighted by Gasteiger charge is 2.29. The van der Waals surface area contributed by atoms with E-state index in [1.54, 1.807) is 12.1 Å². The number of nitrogens with zero attached hydrogens (tertiary/aromatic N) is 2. The number of rotatable bonds is 5. The zero-order valence-corrected chi connectivity index (χ0v) is 20.0. The van der Waals surface area contributed by atoms with Crippen molar-refractivity contribution in [2.24, 2.45) is 0 Å². The molecular formula is C22H28BrN3O3S. The lowest BCUT2D eigenvalue weighted by atomic mass is 9.87. The maximum Gasteiger partial charge on any atom is 0.243 e. The molecule has 6 nitrogen and oxygen atoms in total. The van der Waals surface area contributed by atoms with Crippen molar-refractivity contribution in [2.45, 2.75) is 31.1 Å². The van der Waals surface area contributed by atoms with E-state index in [-0.39, 0.29) is 17.9 Å². The Labute approximate surface area is 187 Å². The Morgan fingerprint density at radius 1 is 1.00 bits per heavy atom. The monoisotopic (exact) mass is 493 g/mol. The summed E-state index contributed by atoms with van der Waals surface area (Å²) in [7, 11) is -3.53. The molecule has 0 bridgehead atoms. The predicted octanol–water partition coefficient (Wildman–Crippen LogP) is 3.69. The van der Waals surface area contributed by atoms with Crippen LogP contribution >= 0.6 is 15.9 Å². The number of piperazine rings is 1. The number of amides is 1. The number of carbonyl (C=O) groups is 1. The molecule has 2 aromatic carbocycles. The van der Waals surface area contributed by atoms with Crippen LogP contribution in [0.3, 0.4) is 0 Å². The van der Waals surface area contributed by atoms with Crippen molar-refractivity contribution >= 4 is 37.5 Å². The summed E-state index contributed by atoms with van der Waals surface area (Å²) in [6.45, 7) is 8.30. The molecule has 1 aliphatic heterocycles. The molecule has 0 spiro atoms. The lowest BCUT2D eigenvalue weighted by Crippen LogP contribution is -2.50. The molecule has 0 saturated carbocycles. The second-order valence-corrected chi connectivity index (χ2v) is 11.3. The summed E-state index contributed by atoms with van der Waals surface area (Å²) >= 11 is 3.42. The number of sulfonamides is 1. The molecule has 1 heterocycles. The highest BCUT2D eigenvalue weighted by atomic mass is 79.9. The normalized spacial score (nSPS) is 16.4. The van der Waals surface area contributed by atoms with Gasteiger partial charge in [-0.15, -0.1) is 0 Å². The van der Waals surface area contributed by atoms with Gasteiger partial charge in [-0.05, 0) is 51.2 Å². The van der Waals surface area contributed by atoms with Crippen LogP contribution in [0, 0.1) is 0 Å². The summed E-state index contributed by atoms with van der Waals surface area (Å²) in [5, 5.41) is 2.88. The van der Waals surface area contributed by atoms with Gasteiger partial charge in [0.25, 0.3) is 0 Å². The van der Waals surface area contributed by atoms with Crippen molar-refractivity contribution < 1.29 is 13.2 Å². The van der Waals surface area contributed by atoms with Gasteiger partial charge < -0.3 is 5.32 Å². The highest BCUT2D eigenvalue weighted by Crippen LogP contribution is 2.25. The van der Waals surface area contributed by atoms with Crippen LogP contribution in [-0.2, 0) is 20.2 Å². The van der Waals surface area contributed by atoms with Crippen LogP contribution in [0.4, 0.5) is 5.69 Å². The fourth-order valence-electron chi connectivity index (χ4n) is 3.36. The summed E-state index contributed by atoms with van der Waals surface area (Å²) < 4.78 is 28.3. The van der Waals surface area contributed by atoms with E-state index in [4.69, 9.17) is 0 Å². The minimum Gasteiger partial charge on any atom is -0.324 e. The van der Waals surface area contributed by atoms with Crippen molar-refractivity contribution in [3.8, 4) is 0 Å². The number of halogens is 1. The van der Waals surface area contributed by atoms with Crippen LogP contribution in [0.15, 0.2) is 57.9 Å². The fourth-order valence-corrected chi connectivity index (χ4v) is 5.17. The van der Waals surface area contributed by atoms with Gasteiger partial charge in [-0.2, -0.15) is 4.31 Å². The van der Waals surface area contributed by atoms with E-state index in [1.807, 2.05) is 41.3 Å². The third kappa shape index (κ3) is 5.49. The number of para-hydroxylation sites is 1.